The van der Waals surface area contributed by atoms with Crippen molar-refractivity contribution in [3.05, 3.63) is 41.2 Å². The Kier molecular flexibility index (Phi) is 3.69. The average Bonchev–Trinajstić information content (AvgIpc) is 2.37. The van der Waals surface area contributed by atoms with Crippen molar-refractivity contribution in [2.24, 2.45) is 0 Å². The summed E-state index contributed by atoms with van der Waals surface area (Å²) in [5.41, 5.74) is 1.38. The Morgan fingerprint density at radius 3 is 2.68 bits per heavy atom. The maximum Gasteiger partial charge on any atom is 0.311 e. The van der Waals surface area contributed by atoms with E-state index in [1.807, 2.05) is 24.3 Å². The van der Waals surface area contributed by atoms with Crippen molar-refractivity contribution in [1.29, 1.82) is 0 Å². The van der Waals surface area contributed by atoms with Crippen LogP contribution >= 0.6 is 0 Å². The van der Waals surface area contributed by atoms with Crippen LogP contribution in [0.25, 0.3) is 0 Å². The number of hydrogen-bond donors (Lipinski definition) is 0. The Hall–Kier alpha value is -2.10. The fourth-order valence-electron chi connectivity index (χ4n) is 2.49. The molecule has 1 aromatic rings. The molecule has 1 aromatic carbocycles. The molecule has 0 spiro atoms. The van der Waals surface area contributed by atoms with E-state index >= 15 is 0 Å². The van der Waals surface area contributed by atoms with Crippen molar-refractivity contribution in [3.8, 4) is 5.75 Å². The molecule has 1 atom stereocenters. The Morgan fingerprint density at radius 2 is 2.05 bits per heavy atom. The molecule has 1 aliphatic heterocycles. The largest absolute Gasteiger partial charge is 0.496 e. The first-order valence-electron chi connectivity index (χ1n) is 6.10. The van der Waals surface area contributed by atoms with Crippen LogP contribution in [0.2, 0.25) is 0 Å². The third-order valence-electron chi connectivity index (χ3n) is 3.26. The number of allylic oxidation sites excluding steroid dienone is 2. The van der Waals surface area contributed by atoms with Crippen LogP contribution in [0.4, 0.5) is 0 Å². The summed E-state index contributed by atoms with van der Waals surface area (Å²) >= 11 is 0. The van der Waals surface area contributed by atoms with E-state index < -0.39 is 0 Å². The number of para-hydroxylation sites is 1. The second kappa shape index (κ2) is 5.26. The minimum absolute atomic E-state index is 0.0825. The normalized spacial score (nSPS) is 19.1. The molecule has 0 radical (unpaired) electrons. The van der Waals surface area contributed by atoms with Gasteiger partial charge in [-0.3, -0.25) is 9.59 Å². The molecule has 4 heteroatoms. The van der Waals surface area contributed by atoms with Gasteiger partial charge in [-0.25, -0.2) is 0 Å². The molecule has 1 heterocycles. The van der Waals surface area contributed by atoms with Gasteiger partial charge in [-0.1, -0.05) is 18.2 Å². The topological polar surface area (TPSA) is 52.6 Å². The van der Waals surface area contributed by atoms with Gasteiger partial charge in [0.2, 0.25) is 0 Å². The lowest BCUT2D eigenvalue weighted by molar-refractivity contribution is -0.141. The summed E-state index contributed by atoms with van der Waals surface area (Å²) in [6, 6.07) is 7.42. The predicted molar refractivity (Wildman–Crippen MR) is 69.8 cm³/mol. The molecule has 1 aliphatic rings. The summed E-state index contributed by atoms with van der Waals surface area (Å²) in [6.07, 6.45) is 0.159. The van der Waals surface area contributed by atoms with Crippen LogP contribution in [0.15, 0.2) is 35.6 Å². The lowest BCUT2D eigenvalue weighted by Crippen LogP contribution is -2.23. The number of Topliss-reactive ketones (excluding diaryl/α,β-unsaturated/α-hetero) is 1. The molecule has 0 N–H and O–H groups in total. The Balaban J connectivity index is 2.55. The van der Waals surface area contributed by atoms with Gasteiger partial charge in [-0.05, 0) is 19.9 Å². The smallest absolute Gasteiger partial charge is 0.311 e. The number of carbonyl (C=O) groups is 2. The monoisotopic (exact) mass is 260 g/mol. The second-order valence-corrected chi connectivity index (χ2v) is 4.50. The second-order valence-electron chi connectivity index (χ2n) is 4.50. The van der Waals surface area contributed by atoms with Crippen molar-refractivity contribution in [2.75, 3.05) is 7.11 Å². The Bertz CT molecular complexity index is 557. The van der Waals surface area contributed by atoms with Crippen molar-refractivity contribution in [3.63, 3.8) is 0 Å². The highest BCUT2D eigenvalue weighted by atomic mass is 16.5. The Morgan fingerprint density at radius 1 is 1.37 bits per heavy atom. The van der Waals surface area contributed by atoms with E-state index in [0.29, 0.717) is 17.1 Å². The SMILES string of the molecule is COc1ccccc1[C@H]1CC(=O)OC(C)=C1C(C)=O. The van der Waals surface area contributed by atoms with Gasteiger partial charge in [0.25, 0.3) is 0 Å². The molecule has 0 aromatic heterocycles. The molecule has 0 saturated carbocycles. The minimum Gasteiger partial charge on any atom is -0.496 e. The van der Waals surface area contributed by atoms with Crippen LogP contribution in [0.1, 0.15) is 31.7 Å². The van der Waals surface area contributed by atoms with Gasteiger partial charge in [-0.2, -0.15) is 0 Å². The average molecular weight is 260 g/mol. The molecule has 0 unspecified atom stereocenters. The highest BCUT2D eigenvalue weighted by molar-refractivity contribution is 5.97. The number of hydrogen-bond acceptors (Lipinski definition) is 4. The van der Waals surface area contributed by atoms with Crippen molar-refractivity contribution in [1.82, 2.24) is 0 Å². The first-order valence-corrected chi connectivity index (χ1v) is 6.10. The number of ether oxygens (including phenoxy) is 2. The number of ketones is 1. The lowest BCUT2D eigenvalue weighted by atomic mass is 9.84. The zero-order valence-electron chi connectivity index (χ0n) is 11.2. The number of cyclic esters (lactones) is 1. The summed E-state index contributed by atoms with van der Waals surface area (Å²) in [4.78, 5) is 23.4. The number of methoxy groups -OCH3 is 1. The molecule has 0 amide bonds. The zero-order valence-corrected chi connectivity index (χ0v) is 11.2. The number of benzene rings is 1. The highest BCUT2D eigenvalue weighted by Gasteiger charge is 2.33. The molecule has 2 rings (SSSR count). The summed E-state index contributed by atoms with van der Waals surface area (Å²) in [5.74, 6) is 0.364. The quantitative estimate of drug-likeness (QED) is 0.784. The van der Waals surface area contributed by atoms with Crippen molar-refractivity contribution < 1.29 is 19.1 Å². The maximum absolute atomic E-state index is 11.8. The summed E-state index contributed by atoms with van der Waals surface area (Å²) in [5, 5.41) is 0. The van der Waals surface area contributed by atoms with Gasteiger partial charge in [0, 0.05) is 17.1 Å². The van der Waals surface area contributed by atoms with Crippen LogP contribution in [0.3, 0.4) is 0 Å². The van der Waals surface area contributed by atoms with Gasteiger partial charge < -0.3 is 9.47 Å². The van der Waals surface area contributed by atoms with E-state index in [4.69, 9.17) is 9.47 Å². The van der Waals surface area contributed by atoms with Crippen LogP contribution in [0, 0.1) is 0 Å². The van der Waals surface area contributed by atoms with Gasteiger partial charge in [-0.15, -0.1) is 0 Å². The minimum atomic E-state index is -0.321. The van der Waals surface area contributed by atoms with E-state index in [1.54, 1.807) is 14.0 Å². The fourth-order valence-corrected chi connectivity index (χ4v) is 2.49. The van der Waals surface area contributed by atoms with Gasteiger partial charge in [0.15, 0.2) is 5.78 Å². The van der Waals surface area contributed by atoms with Gasteiger partial charge in [0.05, 0.1) is 13.5 Å². The predicted octanol–water partition coefficient (Wildman–Crippen LogP) is 2.59. The van der Waals surface area contributed by atoms with Crippen LogP contribution in [0.5, 0.6) is 5.75 Å². The first-order chi connectivity index (χ1) is 9.04. The molecule has 4 nitrogen and oxygen atoms in total. The molecule has 0 bridgehead atoms. The maximum atomic E-state index is 11.8. The van der Waals surface area contributed by atoms with E-state index in [1.165, 1.54) is 6.92 Å². The summed E-state index contributed by atoms with van der Waals surface area (Å²) < 4.78 is 10.4. The molecular formula is C15H16O4. The van der Waals surface area contributed by atoms with Gasteiger partial charge in [0.1, 0.15) is 11.5 Å². The highest BCUT2D eigenvalue weighted by Crippen LogP contribution is 2.39. The van der Waals surface area contributed by atoms with E-state index in [9.17, 15) is 9.59 Å². The zero-order chi connectivity index (χ0) is 14.0. The fraction of sp³-hybridized carbons (Fsp3) is 0.333. The number of carbonyl (C=O) groups excluding carboxylic acids is 2. The summed E-state index contributed by atoms with van der Waals surface area (Å²) in [6.45, 7) is 3.14. The van der Waals surface area contributed by atoms with Gasteiger partial charge >= 0.3 is 5.97 Å². The van der Waals surface area contributed by atoms with E-state index in [-0.39, 0.29) is 24.1 Å². The molecule has 0 saturated heterocycles. The number of esters is 1. The van der Waals surface area contributed by atoms with Crippen molar-refractivity contribution >= 4 is 11.8 Å². The molecule has 100 valence electrons. The standard InChI is InChI=1S/C15H16O4/c1-9(16)15-10(2)19-14(17)8-12(15)11-6-4-5-7-13(11)18-3/h4-7,12H,8H2,1-3H3/t12-/m1/s1. The Labute approximate surface area is 112 Å². The summed E-state index contributed by atoms with van der Waals surface area (Å²) in [7, 11) is 1.57. The van der Waals surface area contributed by atoms with Crippen LogP contribution in [-0.4, -0.2) is 18.9 Å². The molecule has 0 fully saturated rings. The van der Waals surface area contributed by atoms with E-state index in [0.717, 1.165) is 5.56 Å². The van der Waals surface area contributed by atoms with Crippen LogP contribution < -0.4 is 4.74 Å². The van der Waals surface area contributed by atoms with E-state index in [2.05, 4.69) is 0 Å². The molecule has 0 aliphatic carbocycles. The third-order valence-corrected chi connectivity index (χ3v) is 3.26. The van der Waals surface area contributed by atoms with Crippen molar-refractivity contribution in [2.45, 2.75) is 26.2 Å². The molecule has 19 heavy (non-hydrogen) atoms. The lowest BCUT2D eigenvalue weighted by Gasteiger charge is -2.26. The van der Waals surface area contributed by atoms with Crippen LogP contribution in [-0.2, 0) is 14.3 Å². The number of rotatable bonds is 3. The molecular weight excluding hydrogens is 244 g/mol. The third kappa shape index (κ3) is 2.52. The first kappa shape index (κ1) is 13.3.